The van der Waals surface area contributed by atoms with Crippen molar-refractivity contribution in [2.75, 3.05) is 0 Å². The second kappa shape index (κ2) is 12.2. The van der Waals surface area contributed by atoms with Crippen LogP contribution in [0.4, 0.5) is 0 Å². The summed E-state index contributed by atoms with van der Waals surface area (Å²) in [6, 6.07) is 0. The van der Waals surface area contributed by atoms with E-state index in [1.165, 1.54) is 0 Å². The number of hydrogen-bond acceptors (Lipinski definition) is 4. The van der Waals surface area contributed by atoms with Crippen LogP contribution in [-0.2, 0) is 9.59 Å². The first kappa shape index (κ1) is 18.9. The molecule has 0 heterocycles. The molecule has 0 radical (unpaired) electrons. The number of carbonyl (C=O) groups is 2. The fraction of sp³-hybridized carbons (Fsp3) is 0.600. The standard InChI is InChI=1S/C5H8O4.2K/c6-4(7)2-1-3-5(8)9;;/h1-3H2,(H,6,7)(H,8,9);;/q;2*+1/p-2. The summed E-state index contributed by atoms with van der Waals surface area (Å²) >= 11 is 0. The maximum atomic E-state index is 9.66. The van der Waals surface area contributed by atoms with Crippen LogP contribution in [0.3, 0.4) is 0 Å². The molecule has 0 aliphatic rings. The minimum atomic E-state index is -1.23. The van der Waals surface area contributed by atoms with Crippen LogP contribution >= 0.6 is 0 Å². The van der Waals surface area contributed by atoms with Crippen LogP contribution in [-0.4, -0.2) is 11.9 Å². The van der Waals surface area contributed by atoms with Gasteiger partial charge in [0.2, 0.25) is 0 Å². The zero-order valence-corrected chi connectivity index (χ0v) is 13.0. The first-order chi connectivity index (χ1) is 4.13. The molecule has 6 heteroatoms. The van der Waals surface area contributed by atoms with Crippen LogP contribution in [0.5, 0.6) is 0 Å². The summed E-state index contributed by atoms with van der Waals surface area (Å²) in [6.45, 7) is 0. The number of carboxylic acid groups (broad SMARTS) is 2. The van der Waals surface area contributed by atoms with Crippen molar-refractivity contribution < 1.29 is 123 Å². The fourth-order valence-corrected chi connectivity index (χ4v) is 0.377. The van der Waals surface area contributed by atoms with Gasteiger partial charge in [0.1, 0.15) is 0 Å². The predicted octanol–water partition coefficient (Wildman–Crippen LogP) is -8.34. The van der Waals surface area contributed by atoms with Gasteiger partial charge < -0.3 is 19.8 Å². The van der Waals surface area contributed by atoms with E-state index in [0.29, 0.717) is 0 Å². The maximum absolute atomic E-state index is 9.66. The van der Waals surface area contributed by atoms with Crippen molar-refractivity contribution in [1.29, 1.82) is 0 Å². The van der Waals surface area contributed by atoms with Crippen LogP contribution in [0, 0.1) is 0 Å². The Balaban J connectivity index is -0.000000320. The molecule has 0 atom stereocenters. The molecular formula is C5H6K2O4. The molecule has 11 heavy (non-hydrogen) atoms. The Kier molecular flexibility index (Phi) is 21.0. The smallest absolute Gasteiger partial charge is 0.550 e. The van der Waals surface area contributed by atoms with Crippen LogP contribution in [0.2, 0.25) is 0 Å². The van der Waals surface area contributed by atoms with Gasteiger partial charge in [0.25, 0.3) is 0 Å². The third-order valence-corrected chi connectivity index (χ3v) is 0.762. The summed E-state index contributed by atoms with van der Waals surface area (Å²) in [7, 11) is 0. The van der Waals surface area contributed by atoms with E-state index in [1.54, 1.807) is 0 Å². The SMILES string of the molecule is O=C([O-])CCCC(=O)[O-].[K+].[K+]. The van der Waals surface area contributed by atoms with E-state index in [2.05, 4.69) is 0 Å². The molecule has 0 rings (SSSR count). The normalized spacial score (nSPS) is 7.27. The number of aliphatic carboxylic acids is 2. The average Bonchev–Trinajstić information content (AvgIpc) is 1.63. The van der Waals surface area contributed by atoms with Gasteiger partial charge in [-0.05, 0) is 19.3 Å². The number of carbonyl (C=O) groups excluding carboxylic acids is 2. The Hall–Kier alpha value is 2.21. The maximum Gasteiger partial charge on any atom is 1.00 e. The van der Waals surface area contributed by atoms with Gasteiger partial charge in [0.05, 0.1) is 0 Å². The van der Waals surface area contributed by atoms with Crippen molar-refractivity contribution in [3.8, 4) is 0 Å². The van der Waals surface area contributed by atoms with Crippen molar-refractivity contribution >= 4 is 11.9 Å². The summed E-state index contributed by atoms with van der Waals surface area (Å²) in [5.74, 6) is -2.45. The molecule has 0 bridgehead atoms. The fourth-order valence-electron chi connectivity index (χ4n) is 0.377. The van der Waals surface area contributed by atoms with Crippen molar-refractivity contribution in [2.45, 2.75) is 19.3 Å². The van der Waals surface area contributed by atoms with Crippen LogP contribution < -0.4 is 113 Å². The largest absolute Gasteiger partial charge is 1.00 e. The van der Waals surface area contributed by atoms with E-state index in [0.717, 1.165) is 0 Å². The van der Waals surface area contributed by atoms with Gasteiger partial charge in [-0.3, -0.25) is 0 Å². The number of rotatable bonds is 4. The molecule has 0 saturated heterocycles. The van der Waals surface area contributed by atoms with E-state index in [9.17, 15) is 19.8 Å². The molecule has 0 aliphatic carbocycles. The van der Waals surface area contributed by atoms with E-state index >= 15 is 0 Å². The van der Waals surface area contributed by atoms with Crippen LogP contribution in [0.25, 0.3) is 0 Å². The first-order valence-electron chi connectivity index (χ1n) is 2.52. The number of hydrogen-bond donors (Lipinski definition) is 0. The molecule has 0 aromatic carbocycles. The van der Waals surface area contributed by atoms with Crippen molar-refractivity contribution in [3.05, 3.63) is 0 Å². The molecule has 0 unspecified atom stereocenters. The van der Waals surface area contributed by atoms with Crippen molar-refractivity contribution in [3.63, 3.8) is 0 Å². The van der Waals surface area contributed by atoms with E-state index < -0.39 is 11.9 Å². The summed E-state index contributed by atoms with van der Waals surface area (Å²) in [5, 5.41) is 19.3. The van der Waals surface area contributed by atoms with Crippen LogP contribution in [0.15, 0.2) is 0 Å². The summed E-state index contributed by atoms with van der Waals surface area (Å²) < 4.78 is 0. The van der Waals surface area contributed by atoms with Gasteiger partial charge in [-0.2, -0.15) is 0 Å². The first-order valence-corrected chi connectivity index (χ1v) is 2.52. The van der Waals surface area contributed by atoms with E-state index in [4.69, 9.17) is 0 Å². The van der Waals surface area contributed by atoms with Crippen LogP contribution in [0.1, 0.15) is 19.3 Å². The number of carboxylic acids is 2. The molecule has 0 fully saturated rings. The Morgan fingerprint density at radius 2 is 1.18 bits per heavy atom. The summed E-state index contributed by atoms with van der Waals surface area (Å²) in [5.41, 5.74) is 0. The van der Waals surface area contributed by atoms with Gasteiger partial charge >= 0.3 is 103 Å². The monoisotopic (exact) mass is 208 g/mol. The zero-order valence-electron chi connectivity index (χ0n) is 6.75. The Morgan fingerprint density at radius 3 is 1.36 bits per heavy atom. The Morgan fingerprint density at radius 1 is 0.909 bits per heavy atom. The molecule has 0 aromatic rings. The molecule has 4 nitrogen and oxygen atoms in total. The molecule has 0 saturated carbocycles. The quantitative estimate of drug-likeness (QED) is 0.430. The van der Waals surface area contributed by atoms with Gasteiger partial charge in [-0.15, -0.1) is 0 Å². The zero-order chi connectivity index (χ0) is 7.28. The molecule has 0 aromatic heterocycles. The average molecular weight is 208 g/mol. The van der Waals surface area contributed by atoms with Crippen molar-refractivity contribution in [2.24, 2.45) is 0 Å². The molecule has 0 aliphatic heterocycles. The van der Waals surface area contributed by atoms with Gasteiger partial charge in [0, 0.05) is 11.9 Å². The molecule has 0 spiro atoms. The van der Waals surface area contributed by atoms with Gasteiger partial charge in [-0.1, -0.05) is 0 Å². The van der Waals surface area contributed by atoms with Crippen molar-refractivity contribution in [1.82, 2.24) is 0 Å². The predicted molar refractivity (Wildman–Crippen MR) is 23.9 cm³/mol. The van der Waals surface area contributed by atoms with Gasteiger partial charge in [0.15, 0.2) is 0 Å². The molecule has 0 N–H and O–H groups in total. The van der Waals surface area contributed by atoms with E-state index in [-0.39, 0.29) is 122 Å². The summed E-state index contributed by atoms with van der Waals surface area (Å²) in [4.78, 5) is 19.3. The molecule has 0 amide bonds. The minimum Gasteiger partial charge on any atom is -0.550 e. The molecule has 52 valence electrons. The Bertz CT molecular complexity index is 112. The topological polar surface area (TPSA) is 80.3 Å². The summed E-state index contributed by atoms with van der Waals surface area (Å²) in [6.07, 6.45) is -0.341. The third-order valence-electron chi connectivity index (χ3n) is 0.762. The second-order valence-electron chi connectivity index (χ2n) is 1.60. The van der Waals surface area contributed by atoms with E-state index in [1.807, 2.05) is 0 Å². The molecular weight excluding hydrogens is 202 g/mol. The minimum absolute atomic E-state index is 0. The second-order valence-corrected chi connectivity index (χ2v) is 1.60. The third kappa shape index (κ3) is 18.9. The van der Waals surface area contributed by atoms with Gasteiger partial charge in [-0.25, -0.2) is 0 Å². The Labute approximate surface area is 150 Å².